The van der Waals surface area contributed by atoms with Gasteiger partial charge in [0.25, 0.3) is 0 Å². The Kier molecular flexibility index (Phi) is 5.53. The predicted octanol–water partition coefficient (Wildman–Crippen LogP) is 1.76. The minimum Gasteiger partial charge on any atom is -0.347 e. The van der Waals surface area contributed by atoms with E-state index in [0.717, 1.165) is 5.56 Å². The van der Waals surface area contributed by atoms with Gasteiger partial charge in [-0.2, -0.15) is 5.26 Å². The van der Waals surface area contributed by atoms with Crippen molar-refractivity contribution >= 4 is 5.91 Å². The maximum Gasteiger partial charge on any atom is 0.239 e. The second kappa shape index (κ2) is 6.91. The van der Waals surface area contributed by atoms with Gasteiger partial charge in [-0.1, -0.05) is 26.0 Å². The first-order chi connectivity index (χ1) is 8.95. The summed E-state index contributed by atoms with van der Waals surface area (Å²) in [6.07, 6.45) is 0. The standard InChI is InChI=1S/C15H21N3O/c1-11(2)14(15(19)18(3)4)17-10-13-7-5-12(9-16)6-8-13/h5-8,11,14,17H,10H2,1-4H3. The topological polar surface area (TPSA) is 56.1 Å². The Morgan fingerprint density at radius 3 is 2.32 bits per heavy atom. The third-order valence-corrected chi connectivity index (χ3v) is 2.98. The van der Waals surface area contributed by atoms with Gasteiger partial charge in [0.15, 0.2) is 0 Å². The number of rotatable bonds is 5. The summed E-state index contributed by atoms with van der Waals surface area (Å²) in [5.41, 5.74) is 1.71. The van der Waals surface area contributed by atoms with Crippen molar-refractivity contribution in [1.82, 2.24) is 10.2 Å². The fourth-order valence-electron chi connectivity index (χ4n) is 1.81. The SMILES string of the molecule is CC(C)C(NCc1ccc(C#N)cc1)C(=O)N(C)C. The summed E-state index contributed by atoms with van der Waals surface area (Å²) in [5, 5.41) is 12.0. The molecule has 1 rings (SSSR count). The van der Waals surface area contributed by atoms with Gasteiger partial charge < -0.3 is 10.2 Å². The molecule has 1 amide bonds. The van der Waals surface area contributed by atoms with Crippen LogP contribution in [0.2, 0.25) is 0 Å². The summed E-state index contributed by atoms with van der Waals surface area (Å²) in [7, 11) is 3.53. The Morgan fingerprint density at radius 1 is 1.32 bits per heavy atom. The van der Waals surface area contributed by atoms with Crippen LogP contribution in [-0.2, 0) is 11.3 Å². The molecule has 0 aliphatic carbocycles. The molecule has 4 heteroatoms. The number of benzene rings is 1. The highest BCUT2D eigenvalue weighted by Crippen LogP contribution is 2.08. The van der Waals surface area contributed by atoms with Crippen molar-refractivity contribution in [1.29, 1.82) is 5.26 Å². The molecule has 0 bridgehead atoms. The molecule has 1 unspecified atom stereocenters. The zero-order valence-electron chi connectivity index (χ0n) is 12.0. The van der Waals surface area contributed by atoms with Gasteiger partial charge >= 0.3 is 0 Å². The van der Waals surface area contributed by atoms with Gasteiger partial charge in [-0.25, -0.2) is 0 Å². The van der Waals surface area contributed by atoms with E-state index in [9.17, 15) is 4.79 Å². The van der Waals surface area contributed by atoms with Crippen LogP contribution in [0.3, 0.4) is 0 Å². The smallest absolute Gasteiger partial charge is 0.239 e. The van der Waals surface area contributed by atoms with Crippen LogP contribution in [0.15, 0.2) is 24.3 Å². The molecule has 0 saturated heterocycles. The summed E-state index contributed by atoms with van der Waals surface area (Å²) in [4.78, 5) is 13.6. The largest absolute Gasteiger partial charge is 0.347 e. The quantitative estimate of drug-likeness (QED) is 0.876. The molecule has 1 N–H and O–H groups in total. The van der Waals surface area contributed by atoms with E-state index in [-0.39, 0.29) is 17.9 Å². The Bertz CT molecular complexity index is 457. The molecule has 0 aliphatic heterocycles. The maximum atomic E-state index is 12.0. The lowest BCUT2D eigenvalue weighted by molar-refractivity contribution is -0.132. The van der Waals surface area contributed by atoms with Crippen LogP contribution < -0.4 is 5.32 Å². The van der Waals surface area contributed by atoms with Crippen molar-refractivity contribution in [2.45, 2.75) is 26.4 Å². The first kappa shape index (κ1) is 15.2. The van der Waals surface area contributed by atoms with E-state index in [2.05, 4.69) is 11.4 Å². The number of nitriles is 1. The highest BCUT2D eigenvalue weighted by molar-refractivity contribution is 5.81. The predicted molar refractivity (Wildman–Crippen MR) is 75.3 cm³/mol. The van der Waals surface area contributed by atoms with E-state index in [0.29, 0.717) is 12.1 Å². The fraction of sp³-hybridized carbons (Fsp3) is 0.467. The summed E-state index contributed by atoms with van der Waals surface area (Å²) in [6.45, 7) is 4.67. The molecule has 0 spiro atoms. The minimum absolute atomic E-state index is 0.0867. The zero-order chi connectivity index (χ0) is 14.4. The van der Waals surface area contributed by atoms with Crippen molar-refractivity contribution in [2.75, 3.05) is 14.1 Å². The molecular weight excluding hydrogens is 238 g/mol. The lowest BCUT2D eigenvalue weighted by atomic mass is 10.0. The van der Waals surface area contributed by atoms with Gasteiger partial charge in [0.1, 0.15) is 0 Å². The highest BCUT2D eigenvalue weighted by atomic mass is 16.2. The third kappa shape index (κ3) is 4.38. The molecule has 0 saturated carbocycles. The normalized spacial score (nSPS) is 12.0. The third-order valence-electron chi connectivity index (χ3n) is 2.98. The Morgan fingerprint density at radius 2 is 1.89 bits per heavy atom. The zero-order valence-corrected chi connectivity index (χ0v) is 12.0. The van der Waals surface area contributed by atoms with Crippen molar-refractivity contribution < 1.29 is 4.79 Å². The first-order valence-corrected chi connectivity index (χ1v) is 6.39. The molecule has 102 valence electrons. The van der Waals surface area contributed by atoms with Crippen molar-refractivity contribution in [2.24, 2.45) is 5.92 Å². The van der Waals surface area contributed by atoms with E-state index < -0.39 is 0 Å². The Balaban J connectivity index is 2.66. The van der Waals surface area contributed by atoms with Crippen LogP contribution in [0.4, 0.5) is 0 Å². The number of amides is 1. The average molecular weight is 259 g/mol. The molecule has 4 nitrogen and oxygen atoms in total. The van der Waals surface area contributed by atoms with E-state index >= 15 is 0 Å². The molecular formula is C15H21N3O. The molecule has 19 heavy (non-hydrogen) atoms. The number of nitrogens with zero attached hydrogens (tertiary/aromatic N) is 2. The van der Waals surface area contributed by atoms with Gasteiger partial charge in [0, 0.05) is 20.6 Å². The van der Waals surface area contributed by atoms with Gasteiger partial charge in [0.05, 0.1) is 17.7 Å². The molecule has 0 radical (unpaired) electrons. The molecule has 0 heterocycles. The number of nitrogens with one attached hydrogen (secondary N) is 1. The number of carbonyl (C=O) groups excluding carboxylic acids is 1. The van der Waals surface area contributed by atoms with Crippen molar-refractivity contribution in [3.63, 3.8) is 0 Å². The number of carbonyl (C=O) groups is 1. The van der Waals surface area contributed by atoms with E-state index in [1.54, 1.807) is 31.1 Å². The van der Waals surface area contributed by atoms with Crippen LogP contribution in [0, 0.1) is 17.2 Å². The fourth-order valence-corrected chi connectivity index (χ4v) is 1.81. The first-order valence-electron chi connectivity index (χ1n) is 6.39. The molecule has 1 aromatic rings. The number of hydrogen-bond acceptors (Lipinski definition) is 3. The second-order valence-electron chi connectivity index (χ2n) is 5.14. The highest BCUT2D eigenvalue weighted by Gasteiger charge is 2.22. The Labute approximate surface area is 115 Å². The lowest BCUT2D eigenvalue weighted by Crippen LogP contribution is -2.46. The van der Waals surface area contributed by atoms with Gasteiger partial charge in [-0.05, 0) is 23.6 Å². The van der Waals surface area contributed by atoms with E-state index in [1.165, 1.54) is 0 Å². The van der Waals surface area contributed by atoms with Crippen LogP contribution >= 0.6 is 0 Å². The molecule has 1 aromatic carbocycles. The minimum atomic E-state index is -0.189. The molecule has 0 fully saturated rings. The van der Waals surface area contributed by atoms with Crippen LogP contribution in [0.5, 0.6) is 0 Å². The number of hydrogen-bond donors (Lipinski definition) is 1. The summed E-state index contributed by atoms with van der Waals surface area (Å²) in [5.74, 6) is 0.317. The molecule has 1 atom stereocenters. The molecule has 0 aliphatic rings. The van der Waals surface area contributed by atoms with Crippen molar-refractivity contribution in [3.8, 4) is 6.07 Å². The van der Waals surface area contributed by atoms with Crippen LogP contribution in [-0.4, -0.2) is 30.9 Å². The summed E-state index contributed by atoms with van der Waals surface area (Å²) < 4.78 is 0. The number of likely N-dealkylation sites (N-methyl/N-ethyl adjacent to an activating group) is 1. The second-order valence-corrected chi connectivity index (χ2v) is 5.14. The van der Waals surface area contributed by atoms with Gasteiger partial charge in [0.2, 0.25) is 5.91 Å². The Hall–Kier alpha value is -1.86. The summed E-state index contributed by atoms with van der Waals surface area (Å²) >= 11 is 0. The monoisotopic (exact) mass is 259 g/mol. The van der Waals surface area contributed by atoms with Gasteiger partial charge in [-0.3, -0.25) is 4.79 Å². The van der Waals surface area contributed by atoms with Gasteiger partial charge in [-0.15, -0.1) is 0 Å². The van der Waals surface area contributed by atoms with Crippen LogP contribution in [0.1, 0.15) is 25.0 Å². The lowest BCUT2D eigenvalue weighted by Gasteiger charge is -2.24. The average Bonchev–Trinajstić information content (AvgIpc) is 2.39. The van der Waals surface area contributed by atoms with Crippen LogP contribution in [0.25, 0.3) is 0 Å². The van der Waals surface area contributed by atoms with E-state index in [1.807, 2.05) is 26.0 Å². The summed E-state index contributed by atoms with van der Waals surface area (Å²) in [6, 6.07) is 9.29. The molecule has 0 aromatic heterocycles. The van der Waals surface area contributed by atoms with E-state index in [4.69, 9.17) is 5.26 Å². The van der Waals surface area contributed by atoms with Crippen molar-refractivity contribution in [3.05, 3.63) is 35.4 Å². The maximum absolute atomic E-state index is 12.0.